The normalized spacial score (nSPS) is 11.3. The maximum Gasteiger partial charge on any atom is 0.339 e. The van der Waals surface area contributed by atoms with Gasteiger partial charge in [0, 0.05) is 11.6 Å². The number of pyridine rings is 1. The summed E-state index contributed by atoms with van der Waals surface area (Å²) >= 11 is 0. The van der Waals surface area contributed by atoms with E-state index >= 15 is 0 Å². The minimum atomic E-state index is -4.00. The molecule has 0 saturated carbocycles. The second kappa shape index (κ2) is 8.48. The zero-order valence-electron chi connectivity index (χ0n) is 15.2. The van der Waals surface area contributed by atoms with Gasteiger partial charge in [-0.05, 0) is 37.3 Å². The summed E-state index contributed by atoms with van der Waals surface area (Å²) in [6.07, 6.45) is 2.46. The van der Waals surface area contributed by atoms with Gasteiger partial charge < -0.3 is 4.18 Å². The van der Waals surface area contributed by atoms with Gasteiger partial charge in [-0.1, -0.05) is 29.8 Å². The lowest BCUT2D eigenvalue weighted by Gasteiger charge is -2.09. The van der Waals surface area contributed by atoms with Crippen molar-refractivity contribution in [2.75, 3.05) is 5.43 Å². The first-order chi connectivity index (χ1) is 13.8. The molecule has 2 aromatic carbocycles. The summed E-state index contributed by atoms with van der Waals surface area (Å²) in [5.74, 6) is 0.396. The number of hydrogen-bond acceptors (Lipinski definition) is 8. The molecular weight excluding hydrogens is 396 g/mol. The molecule has 3 rings (SSSR count). The summed E-state index contributed by atoms with van der Waals surface area (Å²) in [7, 11) is -4.00. The average Bonchev–Trinajstić information content (AvgIpc) is 2.70. The summed E-state index contributed by atoms with van der Waals surface area (Å²) in [4.78, 5) is 14.0. The number of nitrogens with one attached hydrogen (secondary N) is 1. The van der Waals surface area contributed by atoms with Crippen LogP contribution in [0.2, 0.25) is 0 Å². The van der Waals surface area contributed by atoms with Crippen LogP contribution in [-0.4, -0.2) is 24.5 Å². The lowest BCUT2D eigenvalue weighted by molar-refractivity contribution is -0.385. The van der Waals surface area contributed by atoms with E-state index in [9.17, 15) is 18.5 Å². The molecule has 0 spiro atoms. The first-order valence-electron chi connectivity index (χ1n) is 8.35. The molecule has 29 heavy (non-hydrogen) atoms. The number of aromatic nitrogens is 1. The minimum absolute atomic E-state index is 0.0445. The molecule has 3 aromatic rings. The number of benzene rings is 2. The van der Waals surface area contributed by atoms with Gasteiger partial charge in [0.2, 0.25) is 0 Å². The van der Waals surface area contributed by atoms with Gasteiger partial charge in [-0.3, -0.25) is 15.5 Å². The highest BCUT2D eigenvalue weighted by atomic mass is 32.2. The number of nitrogens with zero attached hydrogens (tertiary/aromatic N) is 3. The van der Waals surface area contributed by atoms with Crippen molar-refractivity contribution in [1.29, 1.82) is 0 Å². The fourth-order valence-electron chi connectivity index (χ4n) is 2.26. The molecular formula is C19H16N4O5S. The third-order valence-corrected chi connectivity index (χ3v) is 5.02. The van der Waals surface area contributed by atoms with Crippen LogP contribution in [-0.2, 0) is 10.1 Å². The number of rotatable bonds is 7. The Bertz CT molecular complexity index is 1140. The fraction of sp³-hybridized carbons (Fsp3) is 0.0526. The van der Waals surface area contributed by atoms with E-state index in [-0.39, 0.29) is 22.2 Å². The molecule has 10 heteroatoms. The van der Waals surface area contributed by atoms with E-state index in [1.807, 2.05) is 6.92 Å². The number of hydrogen-bond donors (Lipinski definition) is 1. The maximum atomic E-state index is 12.5. The van der Waals surface area contributed by atoms with Gasteiger partial charge in [0.25, 0.3) is 5.69 Å². The van der Waals surface area contributed by atoms with Crippen LogP contribution >= 0.6 is 0 Å². The van der Waals surface area contributed by atoms with E-state index in [4.69, 9.17) is 4.18 Å². The number of anilines is 1. The monoisotopic (exact) mass is 412 g/mol. The van der Waals surface area contributed by atoms with Crippen molar-refractivity contribution in [3.05, 3.63) is 88.1 Å². The van der Waals surface area contributed by atoms with Crippen molar-refractivity contribution in [3.63, 3.8) is 0 Å². The Labute approximate surface area is 167 Å². The molecule has 0 aliphatic heterocycles. The van der Waals surface area contributed by atoms with Crippen molar-refractivity contribution in [3.8, 4) is 5.75 Å². The summed E-state index contributed by atoms with van der Waals surface area (Å²) in [6.45, 7) is 1.86. The van der Waals surface area contributed by atoms with Crippen molar-refractivity contribution in [2.45, 2.75) is 11.8 Å². The standard InChI is InChI=1S/C19H16N4O5S/c1-14-6-9-17(10-7-14)29(26,27)28-18-5-3-2-4-15(18)12-21-22-19-11-8-16(13-20-19)23(24)25/h2-13H,1H3,(H,20,22)/b21-12-. The first-order valence-corrected chi connectivity index (χ1v) is 9.76. The third kappa shape index (κ3) is 5.14. The Balaban J connectivity index is 1.75. The van der Waals surface area contributed by atoms with Gasteiger partial charge >= 0.3 is 10.1 Å². The van der Waals surface area contributed by atoms with Crippen LogP contribution in [0.15, 0.2) is 76.9 Å². The van der Waals surface area contributed by atoms with E-state index in [2.05, 4.69) is 15.5 Å². The van der Waals surface area contributed by atoms with E-state index in [0.29, 0.717) is 5.56 Å². The lowest BCUT2D eigenvalue weighted by atomic mass is 10.2. The summed E-state index contributed by atoms with van der Waals surface area (Å²) in [5.41, 5.74) is 3.83. The SMILES string of the molecule is Cc1ccc(S(=O)(=O)Oc2ccccc2/C=N\Nc2ccc([N+](=O)[O-])cn2)cc1. The number of aryl methyl sites for hydroxylation is 1. The van der Waals surface area contributed by atoms with Crippen molar-refractivity contribution >= 4 is 27.8 Å². The van der Waals surface area contributed by atoms with Crippen LogP contribution in [0.4, 0.5) is 11.5 Å². The number of para-hydroxylation sites is 1. The quantitative estimate of drug-likeness (QED) is 0.272. The largest absolute Gasteiger partial charge is 0.378 e. The summed E-state index contributed by atoms with van der Waals surface area (Å²) in [6, 6.07) is 15.5. The molecule has 0 aliphatic carbocycles. The molecule has 0 radical (unpaired) electrons. The summed E-state index contributed by atoms with van der Waals surface area (Å²) in [5, 5.41) is 14.6. The van der Waals surface area contributed by atoms with Gasteiger partial charge in [0.15, 0.2) is 5.75 Å². The van der Waals surface area contributed by atoms with E-state index in [0.717, 1.165) is 11.8 Å². The van der Waals surface area contributed by atoms with E-state index < -0.39 is 15.0 Å². The highest BCUT2D eigenvalue weighted by Gasteiger charge is 2.17. The molecule has 148 valence electrons. The van der Waals surface area contributed by atoms with Crippen LogP contribution in [0.1, 0.15) is 11.1 Å². The molecule has 1 N–H and O–H groups in total. The summed E-state index contributed by atoms with van der Waals surface area (Å²) < 4.78 is 30.3. The average molecular weight is 412 g/mol. The Morgan fingerprint density at radius 3 is 2.48 bits per heavy atom. The number of hydrazone groups is 1. The fourth-order valence-corrected chi connectivity index (χ4v) is 3.22. The van der Waals surface area contributed by atoms with E-state index in [1.54, 1.807) is 30.3 Å². The van der Waals surface area contributed by atoms with Crippen LogP contribution < -0.4 is 9.61 Å². The van der Waals surface area contributed by atoms with Crippen LogP contribution in [0.3, 0.4) is 0 Å². The van der Waals surface area contributed by atoms with Crippen molar-refractivity contribution < 1.29 is 17.5 Å². The van der Waals surface area contributed by atoms with Crippen molar-refractivity contribution in [1.82, 2.24) is 4.98 Å². The Kier molecular flexibility index (Phi) is 5.84. The Hall–Kier alpha value is -3.79. The van der Waals surface area contributed by atoms with Gasteiger partial charge in [-0.15, -0.1) is 0 Å². The molecule has 1 aromatic heterocycles. The molecule has 0 amide bonds. The van der Waals surface area contributed by atoms with Crippen LogP contribution in [0.5, 0.6) is 5.75 Å². The Morgan fingerprint density at radius 2 is 1.83 bits per heavy atom. The third-order valence-electron chi connectivity index (χ3n) is 3.77. The van der Waals surface area contributed by atoms with Crippen LogP contribution in [0, 0.1) is 17.0 Å². The second-order valence-electron chi connectivity index (χ2n) is 5.92. The van der Waals surface area contributed by atoms with Gasteiger partial charge in [-0.2, -0.15) is 13.5 Å². The minimum Gasteiger partial charge on any atom is -0.378 e. The maximum absolute atomic E-state index is 12.5. The molecule has 0 bridgehead atoms. The van der Waals surface area contributed by atoms with Gasteiger partial charge in [0.1, 0.15) is 16.9 Å². The molecule has 0 unspecified atom stereocenters. The Morgan fingerprint density at radius 1 is 1.10 bits per heavy atom. The highest BCUT2D eigenvalue weighted by molar-refractivity contribution is 7.87. The topological polar surface area (TPSA) is 124 Å². The number of nitro groups is 1. The lowest BCUT2D eigenvalue weighted by Crippen LogP contribution is -2.11. The second-order valence-corrected chi connectivity index (χ2v) is 7.46. The van der Waals surface area contributed by atoms with E-state index in [1.165, 1.54) is 36.5 Å². The molecule has 9 nitrogen and oxygen atoms in total. The highest BCUT2D eigenvalue weighted by Crippen LogP contribution is 2.22. The molecule has 0 aliphatic rings. The first kappa shape index (κ1) is 20.0. The van der Waals surface area contributed by atoms with Crippen molar-refractivity contribution in [2.24, 2.45) is 5.10 Å². The molecule has 0 atom stereocenters. The zero-order valence-corrected chi connectivity index (χ0v) is 16.0. The molecule has 0 fully saturated rings. The van der Waals surface area contributed by atoms with Gasteiger partial charge in [0.05, 0.1) is 11.1 Å². The van der Waals surface area contributed by atoms with Crippen LogP contribution in [0.25, 0.3) is 0 Å². The van der Waals surface area contributed by atoms with Gasteiger partial charge in [-0.25, -0.2) is 4.98 Å². The molecule has 0 saturated heterocycles. The zero-order chi connectivity index (χ0) is 20.9. The predicted molar refractivity (Wildman–Crippen MR) is 108 cm³/mol. The molecule has 1 heterocycles. The predicted octanol–water partition coefficient (Wildman–Crippen LogP) is 3.51. The smallest absolute Gasteiger partial charge is 0.339 e.